The third kappa shape index (κ3) is 3.98. The summed E-state index contributed by atoms with van der Waals surface area (Å²) in [7, 11) is 0. The maximum absolute atomic E-state index is 12.3. The van der Waals surface area contributed by atoms with Crippen LogP contribution in [0.2, 0.25) is 0 Å². The number of carbonyl (C=O) groups excluding carboxylic acids is 2. The van der Waals surface area contributed by atoms with Gasteiger partial charge in [0.05, 0.1) is 29.2 Å². The SMILES string of the molecule is CC[C@@H](C)[C@H](NC(=O)CCn1cnc2ccccc2c1=O)C(=O)[O-]. The second-order valence-corrected chi connectivity index (χ2v) is 5.76. The lowest BCUT2D eigenvalue weighted by Gasteiger charge is -2.25. The van der Waals surface area contributed by atoms with E-state index in [2.05, 4.69) is 10.3 Å². The van der Waals surface area contributed by atoms with Gasteiger partial charge in [-0.2, -0.15) is 0 Å². The fraction of sp³-hybridized carbons (Fsp3) is 0.412. The van der Waals surface area contributed by atoms with Gasteiger partial charge < -0.3 is 15.2 Å². The normalized spacial score (nSPS) is 13.4. The minimum absolute atomic E-state index is 0.0137. The number of nitrogens with zero attached hydrogens (tertiary/aromatic N) is 2. The monoisotopic (exact) mass is 330 g/mol. The molecule has 0 spiro atoms. The van der Waals surface area contributed by atoms with Crippen molar-refractivity contribution in [1.82, 2.24) is 14.9 Å². The maximum atomic E-state index is 12.3. The summed E-state index contributed by atoms with van der Waals surface area (Å²) in [6, 6.07) is 5.93. The first-order valence-corrected chi connectivity index (χ1v) is 7.88. The minimum Gasteiger partial charge on any atom is -0.548 e. The Morgan fingerprint density at radius 1 is 1.33 bits per heavy atom. The van der Waals surface area contributed by atoms with E-state index in [1.54, 1.807) is 31.2 Å². The predicted molar refractivity (Wildman–Crippen MR) is 87.0 cm³/mol. The van der Waals surface area contributed by atoms with Crippen LogP contribution in [0.25, 0.3) is 10.9 Å². The molecule has 7 heteroatoms. The second-order valence-electron chi connectivity index (χ2n) is 5.76. The molecule has 0 unspecified atom stereocenters. The molecule has 2 atom stereocenters. The molecule has 0 bridgehead atoms. The fourth-order valence-electron chi connectivity index (χ4n) is 2.40. The lowest BCUT2D eigenvalue weighted by molar-refractivity contribution is -0.309. The van der Waals surface area contributed by atoms with Gasteiger partial charge in [-0.25, -0.2) is 4.98 Å². The molecule has 0 fully saturated rings. The number of carboxylic acid groups (broad SMARTS) is 1. The largest absolute Gasteiger partial charge is 0.548 e. The summed E-state index contributed by atoms with van der Waals surface area (Å²) in [5.41, 5.74) is 0.365. The summed E-state index contributed by atoms with van der Waals surface area (Å²) < 4.78 is 1.35. The van der Waals surface area contributed by atoms with E-state index in [4.69, 9.17) is 0 Å². The van der Waals surface area contributed by atoms with Crippen LogP contribution in [0, 0.1) is 5.92 Å². The fourth-order valence-corrected chi connectivity index (χ4v) is 2.40. The van der Waals surface area contributed by atoms with E-state index >= 15 is 0 Å². The number of carbonyl (C=O) groups is 2. The lowest BCUT2D eigenvalue weighted by Crippen LogP contribution is -2.51. The number of nitrogens with one attached hydrogen (secondary N) is 1. The Balaban J connectivity index is 2.05. The number of carboxylic acids is 1. The highest BCUT2D eigenvalue weighted by Gasteiger charge is 2.19. The molecule has 2 rings (SSSR count). The van der Waals surface area contributed by atoms with Gasteiger partial charge >= 0.3 is 0 Å². The average Bonchev–Trinajstić information content (AvgIpc) is 2.58. The number of amides is 1. The summed E-state index contributed by atoms with van der Waals surface area (Å²) in [5, 5.41) is 14.1. The van der Waals surface area contributed by atoms with Gasteiger partial charge in [0.25, 0.3) is 5.56 Å². The highest BCUT2D eigenvalue weighted by atomic mass is 16.4. The molecule has 7 nitrogen and oxygen atoms in total. The van der Waals surface area contributed by atoms with Crippen LogP contribution in [0.4, 0.5) is 0 Å². The maximum Gasteiger partial charge on any atom is 0.261 e. The molecule has 1 amide bonds. The Bertz CT molecular complexity index is 800. The van der Waals surface area contributed by atoms with Crippen molar-refractivity contribution in [2.75, 3.05) is 0 Å². The summed E-state index contributed by atoms with van der Waals surface area (Å²) in [6.45, 7) is 3.70. The third-order valence-electron chi connectivity index (χ3n) is 4.09. The quantitative estimate of drug-likeness (QED) is 0.773. The molecular weight excluding hydrogens is 310 g/mol. The molecule has 1 heterocycles. The van der Waals surface area contributed by atoms with E-state index in [9.17, 15) is 19.5 Å². The van der Waals surface area contributed by atoms with Crippen molar-refractivity contribution in [1.29, 1.82) is 0 Å². The van der Waals surface area contributed by atoms with Crippen LogP contribution in [0.3, 0.4) is 0 Å². The molecule has 2 aromatic rings. The molecule has 0 aliphatic heterocycles. The summed E-state index contributed by atoms with van der Waals surface area (Å²) in [5.74, 6) is -1.98. The van der Waals surface area contributed by atoms with E-state index < -0.39 is 17.9 Å². The lowest BCUT2D eigenvalue weighted by atomic mass is 9.99. The highest BCUT2D eigenvalue weighted by Crippen LogP contribution is 2.08. The number of aryl methyl sites for hydroxylation is 1. The summed E-state index contributed by atoms with van der Waals surface area (Å²) in [6.07, 6.45) is 1.98. The van der Waals surface area contributed by atoms with Gasteiger partial charge in [-0.1, -0.05) is 32.4 Å². The van der Waals surface area contributed by atoms with Gasteiger partial charge in [-0.05, 0) is 18.1 Å². The van der Waals surface area contributed by atoms with E-state index in [1.807, 2.05) is 6.92 Å². The number of hydrogen-bond donors (Lipinski definition) is 1. The number of aromatic nitrogens is 2. The van der Waals surface area contributed by atoms with Gasteiger partial charge in [0.15, 0.2) is 0 Å². The molecule has 24 heavy (non-hydrogen) atoms. The zero-order valence-electron chi connectivity index (χ0n) is 13.7. The van der Waals surface area contributed by atoms with Crippen molar-refractivity contribution >= 4 is 22.8 Å². The van der Waals surface area contributed by atoms with Gasteiger partial charge in [0, 0.05) is 13.0 Å². The van der Waals surface area contributed by atoms with Gasteiger partial charge in [0.2, 0.25) is 5.91 Å². The van der Waals surface area contributed by atoms with Crippen molar-refractivity contribution in [2.45, 2.75) is 39.3 Å². The topological polar surface area (TPSA) is 104 Å². The van der Waals surface area contributed by atoms with Crippen LogP contribution in [0.15, 0.2) is 35.4 Å². The molecule has 0 saturated carbocycles. The summed E-state index contributed by atoms with van der Waals surface area (Å²) >= 11 is 0. The zero-order chi connectivity index (χ0) is 17.7. The van der Waals surface area contributed by atoms with Gasteiger partial charge in [-0.15, -0.1) is 0 Å². The van der Waals surface area contributed by atoms with Crippen LogP contribution in [-0.4, -0.2) is 27.5 Å². The van der Waals surface area contributed by atoms with Crippen molar-refractivity contribution in [3.8, 4) is 0 Å². The first kappa shape index (κ1) is 17.7. The molecule has 0 aliphatic rings. The standard InChI is InChI=1S/C17H21N3O4/c1-3-11(2)15(17(23)24)19-14(21)8-9-20-10-18-13-7-5-4-6-12(13)16(20)22/h4-7,10-11,15H,3,8-9H2,1-2H3,(H,19,21)(H,23,24)/p-1/t11-,15+/m1/s1. The Morgan fingerprint density at radius 3 is 2.71 bits per heavy atom. The van der Waals surface area contributed by atoms with Crippen LogP contribution < -0.4 is 16.0 Å². The minimum atomic E-state index is -1.30. The third-order valence-corrected chi connectivity index (χ3v) is 4.09. The van der Waals surface area contributed by atoms with Crippen LogP contribution in [-0.2, 0) is 16.1 Å². The van der Waals surface area contributed by atoms with Crippen molar-refractivity contribution in [3.05, 3.63) is 40.9 Å². The van der Waals surface area contributed by atoms with Crippen LogP contribution >= 0.6 is 0 Å². The number of aliphatic carboxylic acids is 1. The average molecular weight is 330 g/mol. The van der Waals surface area contributed by atoms with Gasteiger partial charge in [-0.3, -0.25) is 14.2 Å². The predicted octanol–water partition coefficient (Wildman–Crippen LogP) is 0.0674. The Kier molecular flexibility index (Phi) is 5.68. The smallest absolute Gasteiger partial charge is 0.261 e. The number of fused-ring (bicyclic) bond motifs is 1. The number of rotatable bonds is 7. The van der Waals surface area contributed by atoms with Crippen LogP contribution in [0.1, 0.15) is 26.7 Å². The van der Waals surface area contributed by atoms with E-state index in [-0.39, 0.29) is 24.4 Å². The molecule has 1 N–H and O–H groups in total. The van der Waals surface area contributed by atoms with E-state index in [0.717, 1.165) is 0 Å². The Morgan fingerprint density at radius 2 is 2.04 bits per heavy atom. The van der Waals surface area contributed by atoms with Crippen molar-refractivity contribution < 1.29 is 14.7 Å². The molecule has 1 aromatic heterocycles. The molecular formula is C17H20N3O4-. The molecule has 0 radical (unpaired) electrons. The van der Waals surface area contributed by atoms with Crippen LogP contribution in [0.5, 0.6) is 0 Å². The number of benzene rings is 1. The number of para-hydroxylation sites is 1. The zero-order valence-corrected chi connectivity index (χ0v) is 13.7. The highest BCUT2D eigenvalue weighted by molar-refractivity contribution is 5.83. The number of hydrogen-bond acceptors (Lipinski definition) is 5. The second kappa shape index (κ2) is 7.72. The van der Waals surface area contributed by atoms with Gasteiger partial charge in [0.1, 0.15) is 0 Å². The Labute approximate surface area is 139 Å². The molecule has 128 valence electrons. The Hall–Kier alpha value is -2.70. The molecule has 0 saturated heterocycles. The first-order valence-electron chi connectivity index (χ1n) is 7.88. The van der Waals surface area contributed by atoms with E-state index in [0.29, 0.717) is 17.3 Å². The van der Waals surface area contributed by atoms with E-state index in [1.165, 1.54) is 10.9 Å². The van der Waals surface area contributed by atoms with Crippen molar-refractivity contribution in [2.24, 2.45) is 5.92 Å². The molecule has 1 aromatic carbocycles. The van der Waals surface area contributed by atoms with Crippen molar-refractivity contribution in [3.63, 3.8) is 0 Å². The summed E-state index contributed by atoms with van der Waals surface area (Å²) in [4.78, 5) is 39.6. The molecule has 0 aliphatic carbocycles. The first-order chi connectivity index (χ1) is 11.4.